The summed E-state index contributed by atoms with van der Waals surface area (Å²) in [7, 11) is 0. The van der Waals surface area contributed by atoms with Gasteiger partial charge in [-0.3, -0.25) is 9.59 Å². The lowest BCUT2D eigenvalue weighted by atomic mass is 10.2. The molecule has 0 saturated heterocycles. The predicted octanol–water partition coefficient (Wildman–Crippen LogP) is 4.16. The van der Waals surface area contributed by atoms with Gasteiger partial charge in [0.2, 0.25) is 5.91 Å². The van der Waals surface area contributed by atoms with Gasteiger partial charge in [0.1, 0.15) is 6.54 Å². The molecule has 1 heterocycles. The average Bonchev–Trinajstić information content (AvgIpc) is 2.87. The Hall–Kier alpha value is -2.14. The summed E-state index contributed by atoms with van der Waals surface area (Å²) in [6.07, 6.45) is 0.811. The molecule has 4 nitrogen and oxygen atoms in total. The Labute approximate surface area is 147 Å². The highest BCUT2D eigenvalue weighted by Gasteiger charge is 2.21. The quantitative estimate of drug-likeness (QED) is 0.855. The first kappa shape index (κ1) is 18.2. The first-order chi connectivity index (χ1) is 11.4. The van der Waals surface area contributed by atoms with Gasteiger partial charge in [-0.05, 0) is 44.9 Å². The van der Waals surface area contributed by atoms with E-state index in [9.17, 15) is 9.59 Å². The number of amides is 2. The number of hydrogen-bond donors (Lipinski definition) is 1. The van der Waals surface area contributed by atoms with Crippen LogP contribution in [-0.4, -0.2) is 29.8 Å². The summed E-state index contributed by atoms with van der Waals surface area (Å²) in [4.78, 5) is 28.9. The number of thiophene rings is 1. The first-order valence-corrected chi connectivity index (χ1v) is 8.95. The van der Waals surface area contributed by atoms with Gasteiger partial charge in [0.25, 0.3) is 5.91 Å². The summed E-state index contributed by atoms with van der Waals surface area (Å²) in [5, 5.41) is 2.90. The fraction of sp³-hybridized carbons (Fsp3) is 0.368. The lowest BCUT2D eigenvalue weighted by molar-refractivity contribution is -0.116. The monoisotopic (exact) mass is 344 g/mol. The van der Waals surface area contributed by atoms with Crippen molar-refractivity contribution in [2.75, 3.05) is 18.4 Å². The molecular weight excluding hydrogens is 320 g/mol. The van der Waals surface area contributed by atoms with Crippen molar-refractivity contribution in [2.45, 2.75) is 34.1 Å². The molecule has 2 amide bonds. The number of hydrogen-bond acceptors (Lipinski definition) is 3. The molecule has 0 atom stereocenters. The van der Waals surface area contributed by atoms with E-state index in [0.29, 0.717) is 12.1 Å². The minimum Gasteiger partial charge on any atom is -0.329 e. The zero-order valence-corrected chi connectivity index (χ0v) is 15.5. The van der Waals surface area contributed by atoms with Gasteiger partial charge in [0, 0.05) is 22.0 Å². The molecule has 0 aliphatic heterocycles. The summed E-state index contributed by atoms with van der Waals surface area (Å²) < 4.78 is 0. The molecule has 0 fully saturated rings. The fourth-order valence-electron chi connectivity index (χ4n) is 2.61. The van der Waals surface area contributed by atoms with Crippen molar-refractivity contribution in [2.24, 2.45) is 0 Å². The van der Waals surface area contributed by atoms with E-state index in [1.165, 1.54) is 0 Å². The number of carbonyl (C=O) groups excluding carboxylic acids is 2. The van der Waals surface area contributed by atoms with Gasteiger partial charge < -0.3 is 10.2 Å². The van der Waals surface area contributed by atoms with Crippen LogP contribution in [0.3, 0.4) is 0 Å². The third kappa shape index (κ3) is 4.45. The minimum absolute atomic E-state index is 0.0648. The molecule has 0 bridgehead atoms. The minimum atomic E-state index is -0.171. The molecule has 0 spiro atoms. The second-order valence-electron chi connectivity index (χ2n) is 5.92. The molecule has 0 aliphatic carbocycles. The van der Waals surface area contributed by atoms with E-state index in [4.69, 9.17) is 0 Å². The largest absolute Gasteiger partial charge is 0.329 e. The van der Waals surface area contributed by atoms with Crippen molar-refractivity contribution in [3.63, 3.8) is 0 Å². The molecule has 0 radical (unpaired) electrons. The molecule has 24 heavy (non-hydrogen) atoms. The molecule has 2 rings (SSSR count). The Morgan fingerprint density at radius 3 is 2.46 bits per heavy atom. The van der Waals surface area contributed by atoms with Gasteiger partial charge in [-0.2, -0.15) is 0 Å². The molecule has 0 unspecified atom stereocenters. The molecule has 5 heteroatoms. The predicted molar refractivity (Wildman–Crippen MR) is 99.8 cm³/mol. The lowest BCUT2D eigenvalue weighted by Gasteiger charge is -2.22. The maximum absolute atomic E-state index is 12.8. The second-order valence-corrected chi connectivity index (χ2v) is 7.38. The number of para-hydroxylation sites is 1. The number of nitrogens with one attached hydrogen (secondary N) is 1. The van der Waals surface area contributed by atoms with Gasteiger partial charge in [-0.15, -0.1) is 11.3 Å². The molecule has 128 valence electrons. The van der Waals surface area contributed by atoms with Crippen molar-refractivity contribution in [1.82, 2.24) is 4.90 Å². The Balaban J connectivity index is 2.10. The van der Waals surface area contributed by atoms with Crippen LogP contribution >= 0.6 is 11.3 Å². The zero-order chi connectivity index (χ0) is 17.7. The van der Waals surface area contributed by atoms with Gasteiger partial charge in [-0.1, -0.05) is 25.1 Å². The lowest BCUT2D eigenvalue weighted by Crippen LogP contribution is -2.38. The topological polar surface area (TPSA) is 49.4 Å². The van der Waals surface area contributed by atoms with Crippen LogP contribution in [0.2, 0.25) is 0 Å². The zero-order valence-electron chi connectivity index (χ0n) is 14.7. The highest BCUT2D eigenvalue weighted by Crippen LogP contribution is 2.22. The Morgan fingerprint density at radius 2 is 1.88 bits per heavy atom. The Kier molecular flexibility index (Phi) is 6.15. The van der Waals surface area contributed by atoms with E-state index in [0.717, 1.165) is 27.4 Å². The van der Waals surface area contributed by atoms with E-state index in [1.807, 2.05) is 58.0 Å². The van der Waals surface area contributed by atoms with Crippen LogP contribution in [0, 0.1) is 20.8 Å². The highest BCUT2D eigenvalue weighted by molar-refractivity contribution is 7.12. The summed E-state index contributed by atoms with van der Waals surface area (Å²) in [5.74, 6) is -0.241. The van der Waals surface area contributed by atoms with Crippen LogP contribution in [0.5, 0.6) is 0 Å². The maximum atomic E-state index is 12.8. The Bertz CT molecular complexity index is 737. The number of benzene rings is 1. The molecule has 2 aromatic rings. The van der Waals surface area contributed by atoms with E-state index in [1.54, 1.807) is 16.2 Å². The van der Waals surface area contributed by atoms with Crippen molar-refractivity contribution in [1.29, 1.82) is 0 Å². The number of anilines is 1. The Morgan fingerprint density at radius 1 is 1.17 bits per heavy atom. The van der Waals surface area contributed by atoms with Gasteiger partial charge >= 0.3 is 0 Å². The summed E-state index contributed by atoms with van der Waals surface area (Å²) in [5.41, 5.74) is 2.49. The highest BCUT2D eigenvalue weighted by atomic mass is 32.1. The van der Waals surface area contributed by atoms with Crippen molar-refractivity contribution in [3.05, 3.63) is 51.2 Å². The molecule has 1 aromatic carbocycles. The number of carbonyl (C=O) groups is 2. The van der Waals surface area contributed by atoms with Crippen molar-refractivity contribution >= 4 is 28.8 Å². The van der Waals surface area contributed by atoms with Gasteiger partial charge in [-0.25, -0.2) is 0 Å². The molecule has 0 saturated carbocycles. The van der Waals surface area contributed by atoms with Crippen LogP contribution in [0.4, 0.5) is 5.69 Å². The third-order valence-corrected chi connectivity index (χ3v) is 4.77. The van der Waals surface area contributed by atoms with Gasteiger partial charge in [0.05, 0.1) is 5.56 Å². The van der Waals surface area contributed by atoms with E-state index >= 15 is 0 Å². The SMILES string of the molecule is CCCN(CC(=O)Nc1ccccc1C)C(=O)c1cc(C)sc1C. The average molecular weight is 344 g/mol. The van der Waals surface area contributed by atoms with Crippen LogP contribution < -0.4 is 5.32 Å². The molecule has 1 N–H and O–H groups in total. The molecule has 1 aromatic heterocycles. The summed E-state index contributed by atoms with van der Waals surface area (Å²) in [6, 6.07) is 9.53. The van der Waals surface area contributed by atoms with Crippen LogP contribution in [0.1, 0.15) is 39.0 Å². The van der Waals surface area contributed by atoms with Crippen LogP contribution in [0.15, 0.2) is 30.3 Å². The fourth-order valence-corrected chi connectivity index (χ4v) is 3.53. The van der Waals surface area contributed by atoms with Gasteiger partial charge in [0.15, 0.2) is 0 Å². The maximum Gasteiger partial charge on any atom is 0.255 e. The third-order valence-electron chi connectivity index (χ3n) is 3.81. The van der Waals surface area contributed by atoms with E-state index < -0.39 is 0 Å². The van der Waals surface area contributed by atoms with Crippen LogP contribution in [0.25, 0.3) is 0 Å². The van der Waals surface area contributed by atoms with Crippen LogP contribution in [-0.2, 0) is 4.79 Å². The van der Waals surface area contributed by atoms with E-state index in [2.05, 4.69) is 5.32 Å². The van der Waals surface area contributed by atoms with E-state index in [-0.39, 0.29) is 18.4 Å². The number of aryl methyl sites for hydroxylation is 3. The van der Waals surface area contributed by atoms with Crippen molar-refractivity contribution in [3.8, 4) is 0 Å². The number of nitrogens with zero attached hydrogens (tertiary/aromatic N) is 1. The number of rotatable bonds is 6. The normalized spacial score (nSPS) is 10.5. The summed E-state index contributed by atoms with van der Waals surface area (Å²) in [6.45, 7) is 8.52. The smallest absolute Gasteiger partial charge is 0.255 e. The first-order valence-electron chi connectivity index (χ1n) is 8.14. The molecule has 0 aliphatic rings. The molecular formula is C19H24N2O2S. The standard InChI is InChI=1S/C19H24N2O2S/c1-5-10-21(19(23)16-11-14(3)24-15(16)4)12-18(22)20-17-9-7-6-8-13(17)2/h6-9,11H,5,10,12H2,1-4H3,(H,20,22). The second kappa shape index (κ2) is 8.11. The van der Waals surface area contributed by atoms with Crippen molar-refractivity contribution < 1.29 is 9.59 Å². The summed E-state index contributed by atoms with van der Waals surface area (Å²) >= 11 is 1.61.